The number of amides is 2. The number of nitrogens with two attached hydrogens (primary N) is 1. The number of nitrogens with one attached hydrogen (secondary N) is 1. The molecule has 1 saturated heterocycles. The minimum absolute atomic E-state index is 0.130. The monoisotopic (exact) mass is 585 g/mol. The number of nitrogens with zero attached hydrogens (tertiary/aromatic N) is 1. The Morgan fingerprint density at radius 3 is 2.10 bits per heavy atom. The molecule has 3 aromatic carbocycles. The Labute approximate surface area is 228 Å². The summed E-state index contributed by atoms with van der Waals surface area (Å²) in [6, 6.07) is 9.33. The third-order valence-electron chi connectivity index (χ3n) is 7.00. The number of alkyl halides is 6. The third-order valence-corrected chi connectivity index (χ3v) is 7.00. The van der Waals surface area contributed by atoms with Crippen LogP contribution in [0.2, 0.25) is 0 Å². The van der Waals surface area contributed by atoms with Gasteiger partial charge in [0.1, 0.15) is 17.2 Å². The molecule has 0 saturated carbocycles. The molecular weight excluding hydrogens is 562 g/mol. The summed E-state index contributed by atoms with van der Waals surface area (Å²) in [5.41, 5.74) is 3.44. The van der Waals surface area contributed by atoms with Crippen LogP contribution < -0.4 is 11.1 Å². The van der Waals surface area contributed by atoms with Gasteiger partial charge >= 0.3 is 12.4 Å². The Balaban J connectivity index is 1.82. The van der Waals surface area contributed by atoms with Crippen LogP contribution in [0.1, 0.15) is 39.5 Å². The number of benzene rings is 3. The fraction of sp³-hybridized carbons (Fsp3) is 0.286. The average molecular weight is 585 g/mol. The van der Waals surface area contributed by atoms with E-state index in [1.54, 1.807) is 0 Å². The van der Waals surface area contributed by atoms with Gasteiger partial charge in [0.25, 0.3) is 5.91 Å². The van der Waals surface area contributed by atoms with E-state index in [9.17, 15) is 44.7 Å². The fourth-order valence-corrected chi connectivity index (χ4v) is 4.97. The van der Waals surface area contributed by atoms with E-state index in [1.165, 1.54) is 31.2 Å². The normalized spacial score (nSPS) is 19.6. The second kappa shape index (κ2) is 11.0. The highest BCUT2D eigenvalue weighted by atomic mass is 19.4. The van der Waals surface area contributed by atoms with E-state index in [-0.39, 0.29) is 22.5 Å². The highest BCUT2D eigenvalue weighted by molar-refractivity contribution is 5.97. The number of piperidine rings is 1. The number of hydrogen-bond acceptors (Lipinski definition) is 3. The minimum Gasteiger partial charge on any atom is -0.399 e. The predicted octanol–water partition coefficient (Wildman–Crippen LogP) is 6.89. The number of likely N-dealkylation sites (tertiary alicyclic amines) is 1. The van der Waals surface area contributed by atoms with Crippen LogP contribution in [0.4, 0.5) is 46.5 Å². The molecular formula is C28H23F8N3O2. The summed E-state index contributed by atoms with van der Waals surface area (Å²) in [6.45, 7) is 0.170. The van der Waals surface area contributed by atoms with Gasteiger partial charge in [0, 0.05) is 17.9 Å². The van der Waals surface area contributed by atoms with E-state index >= 15 is 0 Å². The molecule has 3 aromatic rings. The molecule has 218 valence electrons. The molecule has 41 heavy (non-hydrogen) atoms. The molecule has 0 aliphatic carbocycles. The first kappa shape index (κ1) is 29.8. The van der Waals surface area contributed by atoms with Crippen LogP contribution in [-0.4, -0.2) is 29.4 Å². The van der Waals surface area contributed by atoms with Gasteiger partial charge in [0.2, 0.25) is 5.91 Å². The Morgan fingerprint density at radius 2 is 1.54 bits per heavy atom. The third kappa shape index (κ3) is 6.28. The maximum atomic E-state index is 14.6. The first-order chi connectivity index (χ1) is 19.1. The number of hydrogen-bond donors (Lipinski definition) is 2. The number of anilines is 2. The van der Waals surface area contributed by atoms with Gasteiger partial charge in [0.15, 0.2) is 0 Å². The van der Waals surface area contributed by atoms with Crippen molar-refractivity contribution in [1.29, 1.82) is 0 Å². The SMILES string of the molecule is Cc1ccc(NC(=O)C2C[C@@H](C(F)(F)F)CN(C(=O)c3c(F)cccc3F)[C@H]2c2ccc(N)cc2)cc1C(F)(F)F. The lowest BCUT2D eigenvalue weighted by Crippen LogP contribution is -2.52. The number of carbonyl (C=O) groups is 2. The highest BCUT2D eigenvalue weighted by Gasteiger charge is 2.52. The minimum atomic E-state index is -4.93. The molecule has 1 aliphatic heterocycles. The molecule has 4 rings (SSSR count). The summed E-state index contributed by atoms with van der Waals surface area (Å²) in [6.07, 6.45) is -10.5. The van der Waals surface area contributed by atoms with Crippen molar-refractivity contribution in [3.63, 3.8) is 0 Å². The van der Waals surface area contributed by atoms with Gasteiger partial charge in [-0.05, 0) is 60.9 Å². The molecule has 0 bridgehead atoms. The van der Waals surface area contributed by atoms with Gasteiger partial charge in [-0.1, -0.05) is 24.3 Å². The molecule has 1 aliphatic rings. The number of halogens is 8. The Kier molecular flexibility index (Phi) is 8.01. The summed E-state index contributed by atoms with van der Waals surface area (Å²) >= 11 is 0. The summed E-state index contributed by atoms with van der Waals surface area (Å²) in [4.78, 5) is 27.6. The van der Waals surface area contributed by atoms with Crippen molar-refractivity contribution in [1.82, 2.24) is 4.90 Å². The average Bonchev–Trinajstić information content (AvgIpc) is 2.88. The topological polar surface area (TPSA) is 75.4 Å². The Hall–Kier alpha value is -4.16. The fourth-order valence-electron chi connectivity index (χ4n) is 4.97. The van der Waals surface area contributed by atoms with Crippen molar-refractivity contribution in [2.24, 2.45) is 11.8 Å². The first-order valence-electron chi connectivity index (χ1n) is 12.2. The van der Waals surface area contributed by atoms with Crippen molar-refractivity contribution in [3.05, 3.63) is 94.6 Å². The quantitative estimate of drug-likeness (QED) is 0.259. The first-order valence-corrected chi connectivity index (χ1v) is 12.2. The second-order valence-electron chi connectivity index (χ2n) is 9.76. The molecule has 1 fully saturated rings. The molecule has 3 atom stereocenters. The van der Waals surface area contributed by atoms with Crippen LogP contribution in [0.15, 0.2) is 60.7 Å². The number of nitrogen functional groups attached to an aromatic ring is 1. The van der Waals surface area contributed by atoms with Crippen LogP contribution >= 0.6 is 0 Å². The Morgan fingerprint density at radius 1 is 0.927 bits per heavy atom. The number of carbonyl (C=O) groups excluding carboxylic acids is 2. The van der Waals surface area contributed by atoms with Gasteiger partial charge in [-0.25, -0.2) is 8.78 Å². The largest absolute Gasteiger partial charge is 0.416 e. The van der Waals surface area contributed by atoms with Crippen molar-refractivity contribution in [3.8, 4) is 0 Å². The number of rotatable bonds is 4. The van der Waals surface area contributed by atoms with Gasteiger partial charge in [-0.3, -0.25) is 9.59 Å². The second-order valence-corrected chi connectivity index (χ2v) is 9.76. The summed E-state index contributed by atoms with van der Waals surface area (Å²) < 4.78 is 112. The van der Waals surface area contributed by atoms with Crippen LogP contribution in [-0.2, 0) is 11.0 Å². The van der Waals surface area contributed by atoms with Crippen LogP contribution in [0.25, 0.3) is 0 Å². The van der Waals surface area contributed by atoms with E-state index in [2.05, 4.69) is 5.32 Å². The molecule has 1 heterocycles. The Bertz CT molecular complexity index is 1430. The van der Waals surface area contributed by atoms with E-state index in [0.29, 0.717) is 11.0 Å². The zero-order valence-corrected chi connectivity index (χ0v) is 21.3. The maximum absolute atomic E-state index is 14.6. The standard InChI is InChI=1S/C28H23F8N3O2/c1-14-5-10-18(12-20(14)28(34,35)36)38-25(40)19-11-16(27(31,32)33)13-39(24(19)15-6-8-17(37)9-7-15)26(41)23-21(29)3-2-4-22(23)30/h2-10,12,16,19,24H,11,13,37H2,1H3,(H,38,40)/t16-,19?,24+/m1/s1. The van der Waals surface area contributed by atoms with Gasteiger partial charge in [-0.15, -0.1) is 0 Å². The lowest BCUT2D eigenvalue weighted by atomic mass is 9.78. The van der Waals surface area contributed by atoms with Crippen LogP contribution in [0, 0.1) is 30.4 Å². The van der Waals surface area contributed by atoms with Crippen molar-refractivity contribution in [2.45, 2.75) is 31.7 Å². The van der Waals surface area contributed by atoms with Gasteiger partial charge in [-0.2, -0.15) is 26.3 Å². The van der Waals surface area contributed by atoms with Crippen molar-refractivity contribution >= 4 is 23.2 Å². The van der Waals surface area contributed by atoms with Crippen molar-refractivity contribution in [2.75, 3.05) is 17.6 Å². The summed E-state index contributed by atoms with van der Waals surface area (Å²) in [7, 11) is 0. The van der Waals surface area contributed by atoms with E-state index in [4.69, 9.17) is 5.73 Å². The van der Waals surface area contributed by atoms with Gasteiger partial charge in [0.05, 0.1) is 23.4 Å². The molecule has 1 unspecified atom stereocenters. The maximum Gasteiger partial charge on any atom is 0.416 e. The lowest BCUT2D eigenvalue weighted by molar-refractivity contribution is -0.193. The molecule has 13 heteroatoms. The predicted molar refractivity (Wildman–Crippen MR) is 133 cm³/mol. The van der Waals surface area contributed by atoms with E-state index in [0.717, 1.165) is 30.3 Å². The molecule has 0 radical (unpaired) electrons. The summed E-state index contributed by atoms with van der Waals surface area (Å²) in [5, 5.41) is 2.24. The molecule has 2 amide bonds. The van der Waals surface area contributed by atoms with Crippen molar-refractivity contribution < 1.29 is 44.7 Å². The zero-order chi connectivity index (χ0) is 30.3. The van der Waals surface area contributed by atoms with E-state index < -0.39 is 77.8 Å². The zero-order valence-electron chi connectivity index (χ0n) is 21.3. The van der Waals surface area contributed by atoms with Gasteiger partial charge < -0.3 is 16.0 Å². The smallest absolute Gasteiger partial charge is 0.399 e. The molecule has 0 spiro atoms. The van der Waals surface area contributed by atoms with E-state index in [1.807, 2.05) is 0 Å². The highest BCUT2D eigenvalue weighted by Crippen LogP contribution is 2.45. The number of aryl methyl sites for hydroxylation is 1. The molecule has 0 aromatic heterocycles. The van der Waals surface area contributed by atoms with Crippen LogP contribution in [0.5, 0.6) is 0 Å². The van der Waals surface area contributed by atoms with Crippen LogP contribution in [0.3, 0.4) is 0 Å². The summed E-state index contributed by atoms with van der Waals surface area (Å²) in [5.74, 6) is -9.16. The lowest BCUT2D eigenvalue weighted by Gasteiger charge is -2.44. The molecule has 5 nitrogen and oxygen atoms in total. The molecule has 3 N–H and O–H groups in total.